The van der Waals surface area contributed by atoms with Crippen LogP contribution in [-0.2, 0) is 115 Å². The first-order chi connectivity index (χ1) is 65.7. The van der Waals surface area contributed by atoms with Crippen molar-refractivity contribution in [3.05, 3.63) is 0 Å². The average molecular weight is 1970 g/mol. The first-order valence-electron chi connectivity index (χ1n) is 46.7. The Bertz CT molecular complexity index is 4470. The highest BCUT2D eigenvalue weighted by Crippen LogP contribution is 2.38. The molecule has 22 N–H and O–H groups in total. The molecule has 0 aromatic heterocycles. The normalized spacial score (nSPS) is 34.1. The van der Waals surface area contributed by atoms with Crippen molar-refractivity contribution in [1.82, 2.24) is 87.1 Å². The first-order valence-corrected chi connectivity index (χ1v) is 46.7. The van der Waals surface area contributed by atoms with Crippen LogP contribution in [0.2, 0.25) is 0 Å². The maximum atomic E-state index is 15.1. The number of amides is 17. The summed E-state index contributed by atoms with van der Waals surface area (Å²) < 4.78 is 34.0. The van der Waals surface area contributed by atoms with Gasteiger partial charge in [-0.2, -0.15) is 0 Å². The largest absolute Gasteiger partial charge is 0.480 e. The van der Waals surface area contributed by atoms with E-state index in [2.05, 4.69) is 42.5 Å². The maximum absolute atomic E-state index is 15.1. The fourth-order valence-electron chi connectivity index (χ4n) is 20.6. The molecule has 12 aliphatic heterocycles. The number of nitrogens with one attached hydrogen (secondary N) is 9. The highest BCUT2D eigenvalue weighted by Gasteiger charge is 2.58. The Morgan fingerprint density at radius 2 is 0.616 bits per heavy atom. The molecule has 138 heavy (non-hydrogen) atoms. The Labute approximate surface area is 789 Å². The van der Waals surface area contributed by atoms with Crippen molar-refractivity contribution in [1.29, 1.82) is 0 Å². The molecular formula is C84H127N17O37. The Balaban J connectivity index is 0.636. The summed E-state index contributed by atoms with van der Waals surface area (Å²) in [6, 6.07) is -15.9. The zero-order valence-corrected chi connectivity index (χ0v) is 76.3. The van der Waals surface area contributed by atoms with Crippen molar-refractivity contribution in [2.75, 3.05) is 98.4 Å². The molecule has 12 aliphatic rings. The average Bonchev–Trinajstić information content (AvgIpc) is 1.77. The van der Waals surface area contributed by atoms with E-state index in [1.54, 1.807) is 0 Å². The van der Waals surface area contributed by atoms with Gasteiger partial charge < -0.3 is 182 Å². The van der Waals surface area contributed by atoms with E-state index >= 15 is 19.2 Å². The van der Waals surface area contributed by atoms with E-state index in [1.165, 1.54) is 39.2 Å². The van der Waals surface area contributed by atoms with Crippen molar-refractivity contribution in [2.24, 2.45) is 0 Å². The topological polar surface area (TPSA) is 760 Å². The molecule has 0 aromatic rings. The molecule has 0 saturated carbocycles. The van der Waals surface area contributed by atoms with Gasteiger partial charge in [-0.05, 0) is 103 Å². The van der Waals surface area contributed by atoms with E-state index in [1.807, 2.05) is 5.32 Å². The predicted molar refractivity (Wildman–Crippen MR) is 456 cm³/mol. The summed E-state index contributed by atoms with van der Waals surface area (Å²) in [6.07, 6.45) is -30.0. The lowest BCUT2D eigenvalue weighted by atomic mass is 9.94. The summed E-state index contributed by atoms with van der Waals surface area (Å²) in [4.78, 5) is 262. The number of carbonyl (C=O) groups excluding carboxylic acids is 17. The minimum absolute atomic E-state index is 0.00797. The molecule has 0 aliphatic carbocycles. The highest BCUT2D eigenvalue weighted by atomic mass is 16.7. The molecule has 12 saturated heterocycles. The minimum Gasteiger partial charge on any atom is -0.480 e. The third-order valence-electron chi connectivity index (χ3n) is 27.4. The van der Waals surface area contributed by atoms with Crippen molar-refractivity contribution >= 4 is 106 Å². The fraction of sp³-hybridized carbons (Fsp3) is 0.786. The van der Waals surface area contributed by atoms with E-state index in [9.17, 15) is 128 Å². The molecule has 54 nitrogen and oxygen atoms in total. The number of carboxylic acid groups (broad SMARTS) is 1. The number of aliphatic hydroxyl groups is 12. The number of aliphatic hydroxyl groups excluding tert-OH is 12. The second kappa shape index (κ2) is 47.3. The number of rotatable bonds is 34. The van der Waals surface area contributed by atoms with Crippen LogP contribution in [0.1, 0.15) is 136 Å². The van der Waals surface area contributed by atoms with E-state index in [4.69, 9.17) is 33.5 Å². The minimum atomic E-state index is -2.01. The molecule has 17 amide bonds. The number of likely N-dealkylation sites (tertiary alicyclic amines) is 8. The quantitative estimate of drug-likeness (QED) is 0.0284. The van der Waals surface area contributed by atoms with Gasteiger partial charge in [0.25, 0.3) is 0 Å². The van der Waals surface area contributed by atoms with Crippen LogP contribution < -0.4 is 47.9 Å². The number of carbonyl (C=O) groups is 18. The van der Waals surface area contributed by atoms with Crippen LogP contribution in [0.4, 0.5) is 0 Å². The number of nitrogens with zero attached hydrogens (tertiary/aromatic N) is 8. The molecule has 0 radical (unpaired) electrons. The SMILES string of the molecule is CC(=O)N[C@@H]1[C@@H](O)[C@H](O[C@@H]2O[C@H](CO)[C@H](O)[C@H](O)[C@H]2O)[C@@H](CO)O[C@H]1NC(=O)C[C@H](NC(C)=O)C(=O)NCC(=O)N1CCC[C@H]1C(=O)N1CCC[C@H]1C(=O)N1CCC[C@H]1C(=O)N1CCC[C@H]1C(=O)N1CCC[C@H]1C(=O)N1CCC[C@H]1C(=O)N1CCC[C@H]1C(=O)N1CCC[C@H]1C(=O)N[C@@H](CC(=O)N[C@@H]1O[C@H](CO)[C@@H](O[C@@H]2O[C@H](CO)[C@H](O)[C@H](O)[C@H]2O)[C@H](O)[C@H]1NC(C)=O)C(=O)NCC(=O)NCC(=O)O. The van der Waals surface area contributed by atoms with Gasteiger partial charge in [-0.3, -0.25) is 86.3 Å². The summed E-state index contributed by atoms with van der Waals surface area (Å²) in [5.74, 6) is -14.9. The van der Waals surface area contributed by atoms with E-state index in [-0.39, 0.29) is 110 Å². The number of hydrogen-bond acceptors (Lipinski definition) is 36. The zero-order chi connectivity index (χ0) is 100. The number of ether oxygens (including phenoxy) is 6. The molecule has 770 valence electrons. The summed E-state index contributed by atoms with van der Waals surface area (Å²) in [5, 5.41) is 156. The monoisotopic (exact) mass is 1970 g/mol. The molecule has 0 spiro atoms. The van der Waals surface area contributed by atoms with Crippen LogP contribution in [0.25, 0.3) is 0 Å². The van der Waals surface area contributed by atoms with Crippen LogP contribution in [0.5, 0.6) is 0 Å². The number of hydrogen-bond donors (Lipinski definition) is 22. The Morgan fingerprint density at radius 3 is 0.928 bits per heavy atom. The molecule has 0 aromatic carbocycles. The Kier molecular flexibility index (Phi) is 36.6. The molecule has 0 unspecified atom stereocenters. The second-order valence-electron chi connectivity index (χ2n) is 36.6. The lowest BCUT2D eigenvalue weighted by Gasteiger charge is -2.47. The molecule has 0 bridgehead atoms. The van der Waals surface area contributed by atoms with Crippen LogP contribution in [-0.4, -0.2) is 493 Å². The summed E-state index contributed by atoms with van der Waals surface area (Å²) in [6.45, 7) is -2.38. The van der Waals surface area contributed by atoms with Gasteiger partial charge in [-0.15, -0.1) is 0 Å². The van der Waals surface area contributed by atoms with Crippen molar-refractivity contribution < 1.29 is 181 Å². The molecule has 12 heterocycles. The van der Waals surface area contributed by atoms with Crippen molar-refractivity contribution in [2.45, 2.75) is 319 Å². The van der Waals surface area contributed by atoms with E-state index < -0.39 is 348 Å². The highest BCUT2D eigenvalue weighted by molar-refractivity contribution is 6.01. The first kappa shape index (κ1) is 107. The van der Waals surface area contributed by atoms with Crippen LogP contribution >= 0.6 is 0 Å². The van der Waals surface area contributed by atoms with Gasteiger partial charge in [-0.1, -0.05) is 0 Å². The molecule has 54 heteroatoms. The zero-order valence-electron chi connectivity index (χ0n) is 76.3. The van der Waals surface area contributed by atoms with E-state index in [0.717, 1.165) is 20.8 Å². The maximum Gasteiger partial charge on any atom is 0.322 e. The Morgan fingerprint density at radius 1 is 0.319 bits per heavy atom. The van der Waals surface area contributed by atoms with Gasteiger partial charge in [0.05, 0.1) is 52.4 Å². The number of aliphatic carboxylic acids is 1. The van der Waals surface area contributed by atoms with E-state index in [0.29, 0.717) is 44.9 Å². The van der Waals surface area contributed by atoms with Gasteiger partial charge >= 0.3 is 5.97 Å². The number of carboxylic acids is 1. The third kappa shape index (κ3) is 24.1. The van der Waals surface area contributed by atoms with Gasteiger partial charge in [0, 0.05) is 73.1 Å². The van der Waals surface area contributed by atoms with Crippen LogP contribution in [0, 0.1) is 0 Å². The fourth-order valence-corrected chi connectivity index (χ4v) is 20.6. The van der Waals surface area contributed by atoms with Gasteiger partial charge in [0.1, 0.15) is 165 Å². The molecule has 30 atom stereocenters. The summed E-state index contributed by atoms with van der Waals surface area (Å²) >= 11 is 0. The smallest absolute Gasteiger partial charge is 0.322 e. The van der Waals surface area contributed by atoms with Crippen LogP contribution in [0.15, 0.2) is 0 Å². The lowest BCUT2D eigenvalue weighted by molar-refractivity contribution is -0.336. The Hall–Kier alpha value is -10.3. The second-order valence-corrected chi connectivity index (χ2v) is 36.6. The molecule has 12 rings (SSSR count). The van der Waals surface area contributed by atoms with Gasteiger partial charge in [0.15, 0.2) is 25.0 Å². The van der Waals surface area contributed by atoms with Gasteiger partial charge in [-0.25, -0.2) is 0 Å². The molecular weight excluding hydrogens is 1840 g/mol. The lowest BCUT2D eigenvalue weighted by Crippen LogP contribution is -2.70. The molecule has 12 fully saturated rings. The standard InChI is InChI=1S/C84H127N17O37/c1-37(106)88-40(28-54(109)92-74-59(89-38(2)107)63(117)69(52(35-104)133-74)137-83-67(121)65(119)61(115)50(33-102)135-83)71(123)87-31-57(112)94-20-5-13-43(94)76(126)96-22-7-15-45(96)78(128)98-24-9-17-47(98)80(130)100-26-11-19-49(100)82(132)101-27-10-18-48(101)81(131)99-25-8-16-46(99)79(129)97-23-6-14-44(97)77(127)95-21-4-12-42(95)73(125)91-41(72(124)86-30-56(111)85-32-58(113)114)29-55(110)93-75-60(90-39(3)108)64(118)70(53(36-105)134-75)138-84-68(122)66(120)62(116)51(34-103)136-84/h40-53,59-70,74-75,83-84,102-105,115-122H,4-36H2,1-3H3,(H,85,111)(H,86,124)(H,87,123)(H,88,106)(H,89,107)(H,90,108)(H,91,125)(H,92,109)(H,93,110)(H,113,114)/t40-,41-,42-,43-,44-,45-,46-,47-,48-,49-,50+,51+,52+,53+,59+,60+,61-,62-,63+,64+,65-,66-,67+,68+,69+,70+,74+,75+,83-,84-/m0/s1. The van der Waals surface area contributed by atoms with Crippen molar-refractivity contribution in [3.63, 3.8) is 0 Å². The van der Waals surface area contributed by atoms with Crippen LogP contribution in [0.3, 0.4) is 0 Å². The predicted octanol–water partition coefficient (Wildman–Crippen LogP) is -15.1. The third-order valence-corrected chi connectivity index (χ3v) is 27.4. The summed E-state index contributed by atoms with van der Waals surface area (Å²) in [5.41, 5.74) is 0. The summed E-state index contributed by atoms with van der Waals surface area (Å²) in [7, 11) is 0. The van der Waals surface area contributed by atoms with Crippen molar-refractivity contribution in [3.8, 4) is 0 Å². The van der Waals surface area contributed by atoms with Gasteiger partial charge in [0.2, 0.25) is 100 Å².